The summed E-state index contributed by atoms with van der Waals surface area (Å²) < 4.78 is 13.3. The van der Waals surface area contributed by atoms with E-state index in [9.17, 15) is 9.18 Å². The third kappa shape index (κ3) is 3.56. The van der Waals surface area contributed by atoms with Gasteiger partial charge in [-0.25, -0.2) is 4.39 Å². The van der Waals surface area contributed by atoms with E-state index < -0.39 is 17.8 Å². The van der Waals surface area contributed by atoms with E-state index in [2.05, 4.69) is 5.32 Å². The van der Waals surface area contributed by atoms with Gasteiger partial charge in [-0.05, 0) is 31.5 Å². The minimum Gasteiger partial charge on any atom is -0.368 e. The molecule has 0 saturated carbocycles. The van der Waals surface area contributed by atoms with Crippen LogP contribution in [-0.2, 0) is 4.79 Å². The molecule has 6 heteroatoms. The van der Waals surface area contributed by atoms with Crippen molar-refractivity contribution in [1.29, 1.82) is 0 Å². The van der Waals surface area contributed by atoms with E-state index in [-0.39, 0.29) is 11.1 Å². The number of carbonyl (C=O) groups is 1. The monoisotopic (exact) mass is 278 g/mol. The SMILES string of the molecule is C[C@H](N[C@H](C)c1cc(F)c(Cl)cc1Cl)C(N)=O. The molecule has 0 aliphatic rings. The Kier molecular flexibility index (Phi) is 4.74. The maximum atomic E-state index is 13.3. The molecule has 0 fully saturated rings. The van der Waals surface area contributed by atoms with Crippen molar-refractivity contribution in [3.8, 4) is 0 Å². The number of nitrogens with two attached hydrogens (primary N) is 1. The van der Waals surface area contributed by atoms with E-state index in [0.29, 0.717) is 10.6 Å². The van der Waals surface area contributed by atoms with E-state index in [1.54, 1.807) is 13.8 Å². The van der Waals surface area contributed by atoms with Gasteiger partial charge in [0.15, 0.2) is 0 Å². The molecule has 3 N–H and O–H groups in total. The lowest BCUT2D eigenvalue weighted by molar-refractivity contribution is -0.119. The van der Waals surface area contributed by atoms with E-state index in [1.165, 1.54) is 12.1 Å². The highest BCUT2D eigenvalue weighted by atomic mass is 35.5. The van der Waals surface area contributed by atoms with Crippen LogP contribution in [0.5, 0.6) is 0 Å². The number of halogens is 3. The molecular weight excluding hydrogens is 266 g/mol. The van der Waals surface area contributed by atoms with E-state index in [0.717, 1.165) is 0 Å². The van der Waals surface area contributed by atoms with Gasteiger partial charge in [0.05, 0.1) is 11.1 Å². The first-order chi connectivity index (χ1) is 7.82. The van der Waals surface area contributed by atoms with Gasteiger partial charge >= 0.3 is 0 Å². The zero-order valence-electron chi connectivity index (χ0n) is 9.43. The van der Waals surface area contributed by atoms with Crippen LogP contribution in [0.25, 0.3) is 0 Å². The lowest BCUT2D eigenvalue weighted by Crippen LogP contribution is -2.40. The molecule has 2 atom stereocenters. The summed E-state index contributed by atoms with van der Waals surface area (Å²) in [5.74, 6) is -1.03. The van der Waals surface area contributed by atoms with Crippen molar-refractivity contribution < 1.29 is 9.18 Å². The van der Waals surface area contributed by atoms with Crippen molar-refractivity contribution in [3.63, 3.8) is 0 Å². The summed E-state index contributed by atoms with van der Waals surface area (Å²) in [5.41, 5.74) is 5.65. The zero-order chi connectivity index (χ0) is 13.2. The van der Waals surface area contributed by atoms with E-state index in [4.69, 9.17) is 28.9 Å². The van der Waals surface area contributed by atoms with Gasteiger partial charge in [-0.1, -0.05) is 23.2 Å². The van der Waals surface area contributed by atoms with E-state index in [1.807, 2.05) is 0 Å². The topological polar surface area (TPSA) is 55.1 Å². The van der Waals surface area contributed by atoms with Gasteiger partial charge in [-0.2, -0.15) is 0 Å². The standard InChI is InChI=1S/C11H13Cl2FN2O/c1-5(16-6(2)11(15)17)7-3-10(14)9(13)4-8(7)12/h3-6,16H,1-2H3,(H2,15,17)/t5-,6+/m1/s1. The molecule has 0 aliphatic carbocycles. The van der Waals surface area contributed by atoms with Crippen LogP contribution >= 0.6 is 23.2 Å². The smallest absolute Gasteiger partial charge is 0.234 e. The summed E-state index contributed by atoms with van der Waals surface area (Å²) in [6, 6.07) is 1.74. The Morgan fingerprint density at radius 3 is 2.47 bits per heavy atom. The van der Waals surface area contributed by atoms with Crippen molar-refractivity contribution in [2.24, 2.45) is 5.73 Å². The number of hydrogen-bond donors (Lipinski definition) is 2. The molecule has 0 saturated heterocycles. The van der Waals surface area contributed by atoms with Crippen molar-refractivity contribution in [2.45, 2.75) is 25.9 Å². The number of benzene rings is 1. The number of amides is 1. The van der Waals surface area contributed by atoms with Crippen LogP contribution in [0, 0.1) is 5.82 Å². The highest BCUT2D eigenvalue weighted by molar-refractivity contribution is 6.35. The van der Waals surface area contributed by atoms with Gasteiger partial charge in [0, 0.05) is 11.1 Å². The first kappa shape index (κ1) is 14.2. The third-order valence-corrected chi connectivity index (χ3v) is 3.05. The van der Waals surface area contributed by atoms with Gasteiger partial charge in [0.2, 0.25) is 5.91 Å². The Balaban J connectivity index is 2.92. The molecule has 0 aliphatic heterocycles. The van der Waals surface area contributed by atoms with Gasteiger partial charge in [-0.15, -0.1) is 0 Å². The average molecular weight is 279 g/mol. The first-order valence-corrected chi connectivity index (χ1v) is 5.78. The predicted molar refractivity (Wildman–Crippen MR) is 66.6 cm³/mol. The fourth-order valence-corrected chi connectivity index (χ4v) is 1.96. The number of primary amides is 1. The summed E-state index contributed by atoms with van der Waals surface area (Å²) in [6.07, 6.45) is 0. The Bertz CT molecular complexity index is 440. The lowest BCUT2D eigenvalue weighted by Gasteiger charge is -2.19. The normalized spacial score (nSPS) is 14.4. The molecule has 94 valence electrons. The summed E-state index contributed by atoms with van der Waals surface area (Å²) in [5, 5.41) is 3.22. The molecule has 1 aromatic carbocycles. The fraction of sp³-hybridized carbons (Fsp3) is 0.364. The summed E-state index contributed by atoms with van der Waals surface area (Å²) in [6.45, 7) is 3.38. The second-order valence-corrected chi connectivity index (χ2v) is 4.61. The lowest BCUT2D eigenvalue weighted by atomic mass is 10.1. The highest BCUT2D eigenvalue weighted by Gasteiger charge is 2.17. The summed E-state index contributed by atoms with van der Waals surface area (Å²) in [4.78, 5) is 10.9. The molecule has 1 aromatic rings. The first-order valence-electron chi connectivity index (χ1n) is 5.02. The van der Waals surface area contributed by atoms with Gasteiger partial charge in [0.1, 0.15) is 5.82 Å². The van der Waals surface area contributed by atoms with Gasteiger partial charge < -0.3 is 5.73 Å². The maximum Gasteiger partial charge on any atom is 0.234 e. The Morgan fingerprint density at radius 1 is 1.35 bits per heavy atom. The van der Waals surface area contributed by atoms with Crippen LogP contribution in [0.15, 0.2) is 12.1 Å². The Morgan fingerprint density at radius 2 is 1.94 bits per heavy atom. The molecule has 0 unspecified atom stereocenters. The van der Waals surface area contributed by atoms with Gasteiger partial charge in [0.25, 0.3) is 0 Å². The van der Waals surface area contributed by atoms with Crippen molar-refractivity contribution in [3.05, 3.63) is 33.6 Å². The van der Waals surface area contributed by atoms with Gasteiger partial charge in [-0.3, -0.25) is 10.1 Å². The Hall–Kier alpha value is -0.840. The minimum atomic E-state index is -0.550. The molecule has 1 rings (SSSR count). The highest BCUT2D eigenvalue weighted by Crippen LogP contribution is 2.28. The summed E-state index contributed by atoms with van der Waals surface area (Å²) in [7, 11) is 0. The number of hydrogen-bond acceptors (Lipinski definition) is 2. The Labute approximate surface area is 109 Å². The molecule has 0 spiro atoms. The summed E-state index contributed by atoms with van der Waals surface area (Å²) >= 11 is 11.5. The van der Waals surface area contributed by atoms with Crippen LogP contribution in [0.2, 0.25) is 10.0 Å². The average Bonchev–Trinajstić information content (AvgIpc) is 2.22. The van der Waals surface area contributed by atoms with Crippen LogP contribution in [-0.4, -0.2) is 11.9 Å². The van der Waals surface area contributed by atoms with Crippen molar-refractivity contribution in [1.82, 2.24) is 5.32 Å². The number of nitrogens with one attached hydrogen (secondary N) is 1. The fourth-order valence-electron chi connectivity index (χ4n) is 1.42. The third-order valence-electron chi connectivity index (χ3n) is 2.43. The molecule has 0 heterocycles. The van der Waals surface area contributed by atoms with Crippen LogP contribution in [0.1, 0.15) is 25.5 Å². The van der Waals surface area contributed by atoms with Crippen LogP contribution < -0.4 is 11.1 Å². The second-order valence-electron chi connectivity index (χ2n) is 3.80. The van der Waals surface area contributed by atoms with Crippen molar-refractivity contribution in [2.75, 3.05) is 0 Å². The molecule has 1 amide bonds. The molecule has 0 bridgehead atoms. The predicted octanol–water partition coefficient (Wildman–Crippen LogP) is 2.66. The molecule has 0 radical (unpaired) electrons. The number of rotatable bonds is 4. The zero-order valence-corrected chi connectivity index (χ0v) is 10.9. The quantitative estimate of drug-likeness (QED) is 0.832. The largest absolute Gasteiger partial charge is 0.368 e. The van der Waals surface area contributed by atoms with E-state index >= 15 is 0 Å². The van der Waals surface area contributed by atoms with Crippen molar-refractivity contribution >= 4 is 29.1 Å². The minimum absolute atomic E-state index is 0.0334. The molecule has 0 aromatic heterocycles. The second kappa shape index (κ2) is 5.67. The number of carbonyl (C=O) groups excluding carboxylic acids is 1. The van der Waals surface area contributed by atoms with Crippen LogP contribution in [0.3, 0.4) is 0 Å². The molecule has 3 nitrogen and oxygen atoms in total. The maximum absolute atomic E-state index is 13.3. The molecular formula is C11H13Cl2FN2O. The molecule has 17 heavy (non-hydrogen) atoms. The van der Waals surface area contributed by atoms with Crippen LogP contribution in [0.4, 0.5) is 4.39 Å².